The molecule has 0 aromatic carbocycles. The highest BCUT2D eigenvalue weighted by atomic mass is 16.5. The molecule has 0 bridgehead atoms. The average molecular weight is 294 g/mol. The number of carbonyl (C=O) groups is 1. The molecule has 0 radical (unpaired) electrons. The van der Waals surface area contributed by atoms with Crippen molar-refractivity contribution >= 4 is 5.97 Å². The van der Waals surface area contributed by atoms with Crippen LogP contribution in [0.15, 0.2) is 0 Å². The predicted molar refractivity (Wildman–Crippen MR) is 73.5 cm³/mol. The molecule has 2 fully saturated rings. The fourth-order valence-electron chi connectivity index (χ4n) is 3.45. The van der Waals surface area contributed by atoms with E-state index >= 15 is 0 Å². The SMILES string of the molecule is O=C(O)C1(Cn2nnnc2C2CCCCO2)CCCCC1. The first-order valence-corrected chi connectivity index (χ1v) is 7.82. The summed E-state index contributed by atoms with van der Waals surface area (Å²) in [7, 11) is 0. The van der Waals surface area contributed by atoms with Crippen molar-refractivity contribution < 1.29 is 14.6 Å². The first-order valence-electron chi connectivity index (χ1n) is 7.82. The lowest BCUT2D eigenvalue weighted by molar-refractivity contribution is -0.152. The first-order chi connectivity index (χ1) is 10.2. The molecule has 7 nitrogen and oxygen atoms in total. The van der Waals surface area contributed by atoms with E-state index in [0.717, 1.165) is 45.1 Å². The van der Waals surface area contributed by atoms with Gasteiger partial charge >= 0.3 is 5.97 Å². The van der Waals surface area contributed by atoms with Crippen molar-refractivity contribution in [2.45, 2.75) is 64.0 Å². The van der Waals surface area contributed by atoms with Gasteiger partial charge in [0.25, 0.3) is 0 Å². The number of aromatic nitrogens is 4. The molecular weight excluding hydrogens is 272 g/mol. The summed E-state index contributed by atoms with van der Waals surface area (Å²) < 4.78 is 7.40. The second kappa shape index (κ2) is 6.09. The van der Waals surface area contributed by atoms with Gasteiger partial charge in [-0.1, -0.05) is 19.3 Å². The van der Waals surface area contributed by atoms with E-state index in [1.54, 1.807) is 4.68 Å². The zero-order chi connectivity index (χ0) is 14.7. The van der Waals surface area contributed by atoms with E-state index in [0.29, 0.717) is 25.2 Å². The van der Waals surface area contributed by atoms with Gasteiger partial charge in [-0.25, -0.2) is 4.68 Å². The van der Waals surface area contributed by atoms with Gasteiger partial charge in [-0.15, -0.1) is 5.10 Å². The molecule has 3 rings (SSSR count). The number of rotatable bonds is 4. The minimum absolute atomic E-state index is 0.0943. The molecular formula is C14H22N4O3. The van der Waals surface area contributed by atoms with Gasteiger partial charge in [-0.2, -0.15) is 0 Å². The molecule has 1 aliphatic carbocycles. The minimum Gasteiger partial charge on any atom is -0.481 e. The smallest absolute Gasteiger partial charge is 0.311 e. The number of carboxylic acids is 1. The Kier molecular flexibility index (Phi) is 4.19. The monoisotopic (exact) mass is 294 g/mol. The van der Waals surface area contributed by atoms with Gasteiger partial charge in [0.1, 0.15) is 6.10 Å². The molecule has 1 N–H and O–H groups in total. The highest BCUT2D eigenvalue weighted by Crippen LogP contribution is 2.38. The van der Waals surface area contributed by atoms with Crippen molar-refractivity contribution in [2.75, 3.05) is 6.61 Å². The van der Waals surface area contributed by atoms with E-state index in [-0.39, 0.29) is 6.10 Å². The van der Waals surface area contributed by atoms with Gasteiger partial charge in [0.05, 0.1) is 12.0 Å². The molecule has 1 atom stereocenters. The van der Waals surface area contributed by atoms with Crippen LogP contribution < -0.4 is 0 Å². The summed E-state index contributed by atoms with van der Waals surface area (Å²) in [5.41, 5.74) is -0.725. The molecule has 21 heavy (non-hydrogen) atoms. The maximum absolute atomic E-state index is 11.8. The van der Waals surface area contributed by atoms with E-state index in [4.69, 9.17) is 4.74 Å². The van der Waals surface area contributed by atoms with Crippen LogP contribution in [0.2, 0.25) is 0 Å². The molecule has 0 spiro atoms. The van der Waals surface area contributed by atoms with Crippen LogP contribution in [0.5, 0.6) is 0 Å². The molecule has 2 aliphatic rings. The summed E-state index contributed by atoms with van der Waals surface area (Å²) in [6.45, 7) is 1.08. The maximum Gasteiger partial charge on any atom is 0.311 e. The molecule has 1 saturated carbocycles. The van der Waals surface area contributed by atoms with Gasteiger partial charge < -0.3 is 9.84 Å². The van der Waals surface area contributed by atoms with Gasteiger partial charge in [0, 0.05) is 6.61 Å². The lowest BCUT2D eigenvalue weighted by Crippen LogP contribution is -2.38. The van der Waals surface area contributed by atoms with Crippen molar-refractivity contribution in [1.82, 2.24) is 20.2 Å². The summed E-state index contributed by atoms with van der Waals surface area (Å²) >= 11 is 0. The molecule has 1 aliphatic heterocycles. The number of ether oxygens (including phenoxy) is 1. The third-order valence-electron chi connectivity index (χ3n) is 4.74. The fourth-order valence-corrected chi connectivity index (χ4v) is 3.45. The second-order valence-corrected chi connectivity index (χ2v) is 6.20. The van der Waals surface area contributed by atoms with Crippen LogP contribution >= 0.6 is 0 Å². The quantitative estimate of drug-likeness (QED) is 0.912. The molecule has 7 heteroatoms. The lowest BCUT2D eigenvalue weighted by Gasteiger charge is -2.33. The van der Waals surface area contributed by atoms with E-state index in [9.17, 15) is 9.90 Å². The normalized spacial score (nSPS) is 25.6. The first kappa shape index (κ1) is 14.4. The summed E-state index contributed by atoms with van der Waals surface area (Å²) in [4.78, 5) is 11.8. The van der Waals surface area contributed by atoms with Crippen LogP contribution in [0.3, 0.4) is 0 Å². The van der Waals surface area contributed by atoms with Gasteiger partial charge in [-0.3, -0.25) is 4.79 Å². The molecule has 116 valence electrons. The Balaban J connectivity index is 1.80. The number of aliphatic carboxylic acids is 1. The summed E-state index contributed by atoms with van der Waals surface area (Å²) in [5.74, 6) is -0.0471. The number of hydrogen-bond acceptors (Lipinski definition) is 5. The van der Waals surface area contributed by atoms with E-state index < -0.39 is 11.4 Å². The Morgan fingerprint density at radius 1 is 1.29 bits per heavy atom. The van der Waals surface area contributed by atoms with Crippen LogP contribution in [-0.2, 0) is 16.1 Å². The topological polar surface area (TPSA) is 90.1 Å². The Bertz CT molecular complexity index is 490. The average Bonchev–Trinajstić information content (AvgIpc) is 2.97. The van der Waals surface area contributed by atoms with Crippen molar-refractivity contribution in [1.29, 1.82) is 0 Å². The number of nitrogens with zero attached hydrogens (tertiary/aromatic N) is 4. The third kappa shape index (κ3) is 2.92. The second-order valence-electron chi connectivity index (χ2n) is 6.20. The van der Waals surface area contributed by atoms with E-state index in [1.807, 2.05) is 0 Å². The summed E-state index contributed by atoms with van der Waals surface area (Å²) in [6.07, 6.45) is 7.42. The van der Waals surface area contributed by atoms with Crippen LogP contribution in [0.1, 0.15) is 63.3 Å². The Labute approximate surface area is 123 Å². The van der Waals surface area contributed by atoms with Crippen LogP contribution in [0.4, 0.5) is 0 Å². The van der Waals surface area contributed by atoms with Gasteiger partial charge in [0.2, 0.25) is 0 Å². The standard InChI is InChI=1S/C14H22N4O3/c19-13(20)14(7-3-1-4-8-14)10-18-12(15-16-17-18)11-6-2-5-9-21-11/h11H,1-10H2,(H,19,20). The molecule has 1 aromatic rings. The molecule has 0 amide bonds. The predicted octanol–water partition coefficient (Wildman–Crippen LogP) is 1.95. The van der Waals surface area contributed by atoms with Crippen molar-refractivity contribution in [3.8, 4) is 0 Å². The highest BCUT2D eigenvalue weighted by molar-refractivity contribution is 5.74. The number of tetrazole rings is 1. The minimum atomic E-state index is -0.729. The van der Waals surface area contributed by atoms with Crippen molar-refractivity contribution in [3.63, 3.8) is 0 Å². The Morgan fingerprint density at radius 3 is 2.76 bits per heavy atom. The zero-order valence-corrected chi connectivity index (χ0v) is 12.2. The molecule has 1 aromatic heterocycles. The molecule has 1 unspecified atom stereocenters. The summed E-state index contributed by atoms with van der Waals surface area (Å²) in [5, 5.41) is 21.5. The Hall–Kier alpha value is -1.50. The van der Waals surface area contributed by atoms with Gasteiger partial charge in [0.15, 0.2) is 5.82 Å². The maximum atomic E-state index is 11.8. The van der Waals surface area contributed by atoms with Crippen LogP contribution in [-0.4, -0.2) is 37.9 Å². The van der Waals surface area contributed by atoms with Crippen molar-refractivity contribution in [3.05, 3.63) is 5.82 Å². The van der Waals surface area contributed by atoms with Crippen molar-refractivity contribution in [2.24, 2.45) is 5.41 Å². The lowest BCUT2D eigenvalue weighted by atomic mass is 9.74. The number of hydrogen-bond donors (Lipinski definition) is 1. The third-order valence-corrected chi connectivity index (χ3v) is 4.74. The van der Waals surface area contributed by atoms with Crippen LogP contribution in [0.25, 0.3) is 0 Å². The molecule has 1 saturated heterocycles. The molecule has 2 heterocycles. The van der Waals surface area contributed by atoms with E-state index in [1.165, 1.54) is 0 Å². The fraction of sp³-hybridized carbons (Fsp3) is 0.857. The van der Waals surface area contributed by atoms with Crippen LogP contribution in [0, 0.1) is 5.41 Å². The largest absolute Gasteiger partial charge is 0.481 e. The highest BCUT2D eigenvalue weighted by Gasteiger charge is 2.41. The van der Waals surface area contributed by atoms with Gasteiger partial charge in [-0.05, 0) is 42.5 Å². The summed E-state index contributed by atoms with van der Waals surface area (Å²) in [6, 6.07) is 0. The zero-order valence-electron chi connectivity index (χ0n) is 12.2. The number of carboxylic acid groups (broad SMARTS) is 1. The van der Waals surface area contributed by atoms with E-state index in [2.05, 4.69) is 15.5 Å². The Morgan fingerprint density at radius 2 is 2.10 bits per heavy atom.